The first-order valence-electron chi connectivity index (χ1n) is 17.8. The maximum absolute atomic E-state index is 13.2. The number of fused-ring (bicyclic) bond motifs is 2. The van der Waals surface area contributed by atoms with Gasteiger partial charge in [-0.25, -0.2) is 28.6 Å². The van der Waals surface area contributed by atoms with Gasteiger partial charge in [0.15, 0.2) is 0 Å². The lowest BCUT2D eigenvalue weighted by Gasteiger charge is -2.37. The third-order valence-corrected chi connectivity index (χ3v) is 12.8. The molecule has 4 aromatic rings. The summed E-state index contributed by atoms with van der Waals surface area (Å²) < 4.78 is 132. The number of benzene rings is 4. The highest BCUT2D eigenvalue weighted by molar-refractivity contribution is 7.93. The minimum absolute atomic E-state index is 0.0446. The van der Waals surface area contributed by atoms with E-state index in [1.54, 1.807) is 0 Å². The Hall–Kier alpha value is -5.92. The number of rotatable bonds is 16. The molecule has 6 rings (SSSR count). The van der Waals surface area contributed by atoms with Gasteiger partial charge < -0.3 is 0 Å². The molecule has 326 valence electrons. The Morgan fingerprint density at radius 1 is 0.541 bits per heavy atom. The predicted molar refractivity (Wildman–Crippen MR) is 207 cm³/mol. The molecule has 0 aromatic heterocycles. The zero-order valence-electron chi connectivity index (χ0n) is 31.1. The monoisotopic (exact) mass is 898 g/mol. The number of nitrogens with one attached hydrogen (secondary N) is 6. The fourth-order valence-electron chi connectivity index (χ4n) is 7.28. The van der Waals surface area contributed by atoms with E-state index in [-0.39, 0.29) is 56.2 Å². The number of amides is 2. The largest absolute Gasteiger partial charge is 0.472 e. The number of anilines is 4. The molecule has 2 aliphatic rings. The molecular formula is C37H36F6N8O8S2. The van der Waals surface area contributed by atoms with Crippen LogP contribution in [-0.2, 0) is 39.3 Å². The highest BCUT2D eigenvalue weighted by Crippen LogP contribution is 2.58. The molecule has 6 atom stereocenters. The molecule has 0 saturated heterocycles. The molecule has 1 saturated carbocycles. The number of hydrazine groups is 2. The Kier molecular flexibility index (Phi) is 12.9. The topological polar surface area (TPSA) is 245 Å². The first kappa shape index (κ1) is 44.6. The lowest BCUT2D eigenvalue weighted by molar-refractivity contribution is -0.173. The summed E-state index contributed by atoms with van der Waals surface area (Å²) in [6.07, 6.45) is -7.00. The van der Waals surface area contributed by atoms with Crippen LogP contribution in [0.1, 0.15) is 29.8 Å². The summed E-state index contributed by atoms with van der Waals surface area (Å²) in [5, 5.41) is 0. The van der Waals surface area contributed by atoms with Gasteiger partial charge in [0.2, 0.25) is 0 Å². The van der Waals surface area contributed by atoms with E-state index in [2.05, 4.69) is 20.3 Å². The van der Waals surface area contributed by atoms with Crippen molar-refractivity contribution in [1.82, 2.24) is 10.9 Å². The molecule has 0 aliphatic heterocycles. The van der Waals surface area contributed by atoms with Crippen LogP contribution in [0.5, 0.6) is 0 Å². The number of halogens is 6. The molecule has 4 aromatic carbocycles. The van der Waals surface area contributed by atoms with Crippen LogP contribution in [0.25, 0.3) is 0 Å². The van der Waals surface area contributed by atoms with Crippen LogP contribution < -0.4 is 42.9 Å². The van der Waals surface area contributed by atoms with E-state index >= 15 is 0 Å². The van der Waals surface area contributed by atoms with Crippen molar-refractivity contribution in [2.24, 2.45) is 35.5 Å². The van der Waals surface area contributed by atoms with Crippen molar-refractivity contribution < 1.29 is 62.4 Å². The molecule has 0 spiro atoms. The lowest BCUT2D eigenvalue weighted by atomic mass is 9.73. The summed E-state index contributed by atoms with van der Waals surface area (Å²) >= 11 is 0. The first-order valence-corrected chi connectivity index (χ1v) is 20.8. The molecule has 2 bridgehead atoms. The normalized spacial score (nSPS) is 19.7. The number of allylic oxidation sites excluding steroid dienone is 2. The Balaban J connectivity index is 1.12. The summed E-state index contributed by atoms with van der Waals surface area (Å²) in [6, 6.07) is 21.6. The molecule has 16 nitrogen and oxygen atoms in total. The number of hydrogen-bond acceptors (Lipinski definition) is 12. The number of sulfonamides is 2. The molecule has 2 aliphatic carbocycles. The van der Waals surface area contributed by atoms with Crippen molar-refractivity contribution >= 4 is 54.6 Å². The van der Waals surface area contributed by atoms with E-state index in [4.69, 9.17) is 21.5 Å². The van der Waals surface area contributed by atoms with Crippen molar-refractivity contribution in [3.63, 3.8) is 0 Å². The van der Waals surface area contributed by atoms with Gasteiger partial charge in [0.25, 0.3) is 20.0 Å². The molecule has 1 fully saturated rings. The number of carbonyl (C=O) groups is 2. The molecular weight excluding hydrogens is 863 g/mol. The van der Waals surface area contributed by atoms with Gasteiger partial charge in [-0.2, -0.15) is 26.3 Å². The smallest absolute Gasteiger partial charge is 0.298 e. The van der Waals surface area contributed by atoms with Crippen LogP contribution in [-0.4, -0.2) is 41.0 Å². The van der Waals surface area contributed by atoms with Crippen molar-refractivity contribution in [3.8, 4) is 0 Å². The van der Waals surface area contributed by atoms with Crippen molar-refractivity contribution in [1.29, 1.82) is 0 Å². The van der Waals surface area contributed by atoms with Crippen LogP contribution in [0.3, 0.4) is 0 Å². The van der Waals surface area contributed by atoms with Crippen LogP contribution >= 0.6 is 0 Å². The third-order valence-electron chi connectivity index (χ3n) is 10.0. The van der Waals surface area contributed by atoms with Crippen molar-refractivity contribution in [2.75, 3.05) is 20.3 Å². The minimum Gasteiger partial charge on any atom is -0.298 e. The molecule has 10 N–H and O–H groups in total. The number of nitrogens with two attached hydrogens (primary N) is 2. The molecule has 0 radical (unpaired) electrons. The van der Waals surface area contributed by atoms with Gasteiger partial charge in [-0.05, 0) is 102 Å². The summed E-state index contributed by atoms with van der Waals surface area (Å²) in [4.78, 5) is 32.9. The van der Waals surface area contributed by atoms with Gasteiger partial charge in [-0.15, -0.1) is 0 Å². The summed E-state index contributed by atoms with van der Waals surface area (Å²) in [7, 11) is -8.31. The van der Waals surface area contributed by atoms with Crippen LogP contribution in [0.2, 0.25) is 0 Å². The van der Waals surface area contributed by atoms with E-state index in [9.17, 15) is 52.8 Å². The molecule has 2 amide bonds. The van der Waals surface area contributed by atoms with Gasteiger partial charge in [-0.3, -0.25) is 50.4 Å². The zero-order chi connectivity index (χ0) is 44.3. The van der Waals surface area contributed by atoms with Gasteiger partial charge in [0.05, 0.1) is 21.2 Å². The van der Waals surface area contributed by atoms with Gasteiger partial charge in [0, 0.05) is 23.2 Å². The first-order chi connectivity index (χ1) is 28.7. The van der Waals surface area contributed by atoms with E-state index in [1.165, 1.54) is 108 Å². The standard InChI is InChI=1S/C37H36F6N8O8S2/c38-36(39,40)34(52)48-46-24-7-11-26(12-8-24)50-60(54,55)28-15-3-20(4-16-28)32(58-44)30-22-1-2-23(19-22)31(30)33(59-45)21-5-17-29(18-6-21)61(56,57)51-27-13-9-25(10-14-27)47-49-35(53)37(41,42)43/h1-18,22-23,30-33,46-47,50-51H,19,44-45H2,(H,48,52)(H,49,53). The Labute approximate surface area is 344 Å². The summed E-state index contributed by atoms with van der Waals surface area (Å²) in [5.74, 6) is 6.58. The zero-order valence-corrected chi connectivity index (χ0v) is 32.7. The highest BCUT2D eigenvalue weighted by Gasteiger charge is 2.52. The Morgan fingerprint density at radius 3 is 1.15 bits per heavy atom. The summed E-state index contributed by atoms with van der Waals surface area (Å²) in [5.41, 5.74) is 8.47. The lowest BCUT2D eigenvalue weighted by Crippen LogP contribution is -2.40. The van der Waals surface area contributed by atoms with Crippen LogP contribution in [0, 0.1) is 23.7 Å². The maximum atomic E-state index is 13.2. The van der Waals surface area contributed by atoms with Crippen LogP contribution in [0.4, 0.5) is 49.1 Å². The second kappa shape index (κ2) is 17.6. The SMILES string of the molecule is NOC(c1ccc(S(=O)(=O)Nc2ccc(NNC(=O)C(F)(F)F)cc2)cc1)C1C2C=CC(C2)C1C(ON)c1ccc(S(=O)(=O)Nc2ccc(NNC(=O)C(F)(F)F)cc2)cc1. The fraction of sp³-hybridized carbons (Fsp3) is 0.243. The second-order valence-corrected chi connectivity index (χ2v) is 17.2. The van der Waals surface area contributed by atoms with Gasteiger partial charge in [0.1, 0.15) is 12.2 Å². The quantitative estimate of drug-likeness (QED) is 0.0406. The molecule has 0 heterocycles. The molecule has 6 unspecified atom stereocenters. The van der Waals surface area contributed by atoms with Gasteiger partial charge in [-0.1, -0.05) is 36.4 Å². The van der Waals surface area contributed by atoms with E-state index in [0.717, 1.165) is 0 Å². The average molecular weight is 899 g/mol. The van der Waals surface area contributed by atoms with E-state index < -0.39 is 56.4 Å². The van der Waals surface area contributed by atoms with E-state index in [1.807, 2.05) is 12.2 Å². The Morgan fingerprint density at radius 2 is 0.852 bits per heavy atom. The average Bonchev–Trinajstić information content (AvgIpc) is 3.83. The Bertz CT molecular complexity index is 2290. The third kappa shape index (κ3) is 10.3. The highest BCUT2D eigenvalue weighted by atomic mass is 32.2. The predicted octanol–water partition coefficient (Wildman–Crippen LogP) is 5.30. The maximum Gasteiger partial charge on any atom is 0.472 e. The van der Waals surface area contributed by atoms with E-state index in [0.29, 0.717) is 17.5 Å². The number of alkyl halides is 6. The van der Waals surface area contributed by atoms with Crippen LogP contribution in [0.15, 0.2) is 119 Å². The number of hydrogen-bond donors (Lipinski definition) is 8. The van der Waals surface area contributed by atoms with Crippen molar-refractivity contribution in [2.45, 2.75) is 40.8 Å². The fourth-order valence-corrected chi connectivity index (χ4v) is 9.40. The molecule has 61 heavy (non-hydrogen) atoms. The van der Waals surface area contributed by atoms with Gasteiger partial charge >= 0.3 is 24.2 Å². The number of carbonyl (C=O) groups excluding carboxylic acids is 2. The minimum atomic E-state index is -5.10. The summed E-state index contributed by atoms with van der Waals surface area (Å²) in [6.45, 7) is 0. The molecule has 24 heteroatoms. The van der Waals surface area contributed by atoms with Crippen molar-refractivity contribution in [3.05, 3.63) is 120 Å². The second-order valence-electron chi connectivity index (χ2n) is 13.9.